The quantitative estimate of drug-likeness (QED) is 0.769. The maximum Gasteiger partial charge on any atom is 0.326 e. The number of nitrogens with zero attached hydrogens (tertiary/aromatic N) is 1. The predicted octanol–water partition coefficient (Wildman–Crippen LogP) is 1.95. The molecule has 1 aromatic carbocycles. The fraction of sp³-hybridized carbons (Fsp3) is 0.400. The van der Waals surface area contributed by atoms with Crippen LogP contribution in [0.4, 0.5) is 0 Å². The van der Waals surface area contributed by atoms with Gasteiger partial charge in [0.25, 0.3) is 0 Å². The normalized spacial score (nSPS) is 20.8. The molecule has 130 valence electrons. The number of ketones is 1. The molecule has 0 bridgehead atoms. The van der Waals surface area contributed by atoms with Gasteiger partial charge in [-0.25, -0.2) is 13.2 Å². The fourth-order valence-corrected chi connectivity index (χ4v) is 5.32. The second-order valence-corrected chi connectivity index (χ2v) is 8.69. The summed E-state index contributed by atoms with van der Waals surface area (Å²) in [6, 6.07) is 4.96. The number of hydrogen-bond donors (Lipinski definition) is 1. The number of rotatable bonds is 5. The maximum atomic E-state index is 12.8. The molecule has 0 unspecified atom stereocenters. The number of Topliss-reactive ketones (excluding diaryl/α,β-unsaturated/α-hetero) is 1. The average Bonchev–Trinajstić information content (AvgIpc) is 2.93. The predicted molar refractivity (Wildman–Crippen MR) is 93.1 cm³/mol. The van der Waals surface area contributed by atoms with E-state index in [-0.39, 0.29) is 40.1 Å². The Balaban J connectivity index is 2.33. The van der Waals surface area contributed by atoms with E-state index in [2.05, 4.69) is 0 Å². The van der Waals surface area contributed by atoms with Gasteiger partial charge in [0.15, 0.2) is 9.84 Å². The first-order chi connectivity index (χ1) is 11.1. The van der Waals surface area contributed by atoms with Crippen LogP contribution in [0.25, 0.3) is 0 Å². The SMILES string of the molecule is CC(=O)CC(=S)N1C[C@H](S(=O)(=O)c2ccccc2Cl)C[C@H]1C(=O)O. The van der Waals surface area contributed by atoms with Crippen molar-refractivity contribution in [1.29, 1.82) is 0 Å². The fourth-order valence-electron chi connectivity index (χ4n) is 2.70. The zero-order valence-electron chi connectivity index (χ0n) is 12.8. The van der Waals surface area contributed by atoms with Crippen LogP contribution < -0.4 is 0 Å². The number of carboxylic acids is 1. The van der Waals surface area contributed by atoms with Gasteiger partial charge in [-0.15, -0.1) is 0 Å². The second-order valence-electron chi connectivity index (χ2n) is 5.61. The topological polar surface area (TPSA) is 91.8 Å². The van der Waals surface area contributed by atoms with Crippen LogP contribution >= 0.6 is 23.8 Å². The summed E-state index contributed by atoms with van der Waals surface area (Å²) in [6.45, 7) is 1.27. The highest BCUT2D eigenvalue weighted by Crippen LogP contribution is 2.32. The van der Waals surface area contributed by atoms with Gasteiger partial charge in [-0.3, -0.25) is 4.79 Å². The Bertz CT molecular complexity index is 793. The highest BCUT2D eigenvalue weighted by atomic mass is 35.5. The minimum Gasteiger partial charge on any atom is -0.480 e. The molecular formula is C15H16ClNO5S2. The van der Waals surface area contributed by atoms with Gasteiger partial charge in [-0.2, -0.15) is 0 Å². The zero-order valence-corrected chi connectivity index (χ0v) is 15.2. The highest BCUT2D eigenvalue weighted by Gasteiger charge is 2.44. The van der Waals surface area contributed by atoms with Crippen molar-refractivity contribution < 1.29 is 23.1 Å². The number of sulfone groups is 1. The standard InChI is InChI=1S/C15H16ClNO5S2/c1-9(18)6-14(23)17-8-10(7-12(17)15(19)20)24(21,22)13-5-3-2-4-11(13)16/h2-5,10,12H,6-8H2,1H3,(H,19,20)/t10-,12+/m1/s1. The van der Waals surface area contributed by atoms with E-state index in [9.17, 15) is 23.1 Å². The molecule has 0 spiro atoms. The Morgan fingerprint density at radius 2 is 2.00 bits per heavy atom. The molecule has 6 nitrogen and oxygen atoms in total. The number of aliphatic carboxylic acids is 1. The monoisotopic (exact) mass is 389 g/mol. The summed E-state index contributed by atoms with van der Waals surface area (Å²) in [7, 11) is -3.81. The van der Waals surface area contributed by atoms with Crippen LogP contribution in [-0.2, 0) is 19.4 Å². The Morgan fingerprint density at radius 3 is 2.54 bits per heavy atom. The van der Waals surface area contributed by atoms with E-state index >= 15 is 0 Å². The van der Waals surface area contributed by atoms with E-state index in [1.807, 2.05) is 0 Å². The summed E-state index contributed by atoms with van der Waals surface area (Å²) in [4.78, 5) is 24.1. The van der Waals surface area contributed by atoms with Crippen LogP contribution in [0.5, 0.6) is 0 Å². The molecule has 2 atom stereocenters. The Morgan fingerprint density at radius 1 is 1.38 bits per heavy atom. The van der Waals surface area contributed by atoms with Crippen molar-refractivity contribution in [3.63, 3.8) is 0 Å². The van der Waals surface area contributed by atoms with Crippen molar-refractivity contribution in [2.45, 2.75) is 36.0 Å². The van der Waals surface area contributed by atoms with E-state index in [1.54, 1.807) is 12.1 Å². The molecular weight excluding hydrogens is 374 g/mol. The minimum absolute atomic E-state index is 0.0276. The van der Waals surface area contributed by atoms with Gasteiger partial charge in [-0.1, -0.05) is 36.0 Å². The number of carbonyl (C=O) groups excluding carboxylic acids is 1. The molecule has 0 saturated carbocycles. The van der Waals surface area contributed by atoms with Gasteiger partial charge in [0.05, 0.1) is 26.6 Å². The highest BCUT2D eigenvalue weighted by molar-refractivity contribution is 7.92. The van der Waals surface area contributed by atoms with E-state index in [1.165, 1.54) is 24.0 Å². The summed E-state index contributed by atoms with van der Waals surface area (Å²) in [5, 5.41) is 8.50. The van der Waals surface area contributed by atoms with E-state index < -0.39 is 27.1 Å². The van der Waals surface area contributed by atoms with E-state index in [0.717, 1.165) is 0 Å². The van der Waals surface area contributed by atoms with Gasteiger partial charge >= 0.3 is 5.97 Å². The van der Waals surface area contributed by atoms with Gasteiger partial charge in [0.1, 0.15) is 11.8 Å². The lowest BCUT2D eigenvalue weighted by Crippen LogP contribution is -2.40. The largest absolute Gasteiger partial charge is 0.480 e. The van der Waals surface area contributed by atoms with Crippen molar-refractivity contribution in [2.75, 3.05) is 6.54 Å². The number of carbonyl (C=O) groups is 2. The Kier molecular flexibility index (Phi) is 5.62. The number of halogens is 1. The second kappa shape index (κ2) is 7.16. The molecule has 1 aliphatic rings. The number of likely N-dealkylation sites (tertiary alicyclic amines) is 1. The van der Waals surface area contributed by atoms with Crippen molar-refractivity contribution in [1.82, 2.24) is 4.90 Å². The number of benzene rings is 1. The molecule has 2 rings (SSSR count). The molecule has 0 aromatic heterocycles. The van der Waals surface area contributed by atoms with Gasteiger partial charge < -0.3 is 10.0 Å². The van der Waals surface area contributed by atoms with Crippen molar-refractivity contribution in [3.8, 4) is 0 Å². The molecule has 1 aromatic rings. The summed E-state index contributed by atoms with van der Waals surface area (Å²) in [5.74, 6) is -1.38. The first kappa shape index (κ1) is 18.8. The first-order valence-electron chi connectivity index (χ1n) is 7.14. The lowest BCUT2D eigenvalue weighted by molar-refractivity contribution is -0.141. The molecule has 0 aliphatic carbocycles. The molecule has 0 amide bonds. The smallest absolute Gasteiger partial charge is 0.326 e. The van der Waals surface area contributed by atoms with Crippen molar-refractivity contribution in [3.05, 3.63) is 29.3 Å². The van der Waals surface area contributed by atoms with E-state index in [0.29, 0.717) is 0 Å². The third-order valence-corrected chi connectivity index (χ3v) is 6.86. The van der Waals surface area contributed by atoms with Crippen LogP contribution in [0.3, 0.4) is 0 Å². The molecule has 1 N–H and O–H groups in total. The van der Waals surface area contributed by atoms with Gasteiger partial charge in [0, 0.05) is 6.54 Å². The Labute approximate surface area is 150 Å². The minimum atomic E-state index is -3.81. The van der Waals surface area contributed by atoms with Gasteiger partial charge in [0.2, 0.25) is 0 Å². The van der Waals surface area contributed by atoms with Crippen molar-refractivity contribution >= 4 is 50.4 Å². The number of thiocarbonyl (C=S) groups is 1. The average molecular weight is 390 g/mol. The zero-order chi connectivity index (χ0) is 18.1. The third kappa shape index (κ3) is 3.76. The molecule has 1 saturated heterocycles. The first-order valence-corrected chi connectivity index (χ1v) is 9.48. The van der Waals surface area contributed by atoms with Crippen LogP contribution in [-0.4, -0.2) is 53.0 Å². The number of carboxylic acid groups (broad SMARTS) is 1. The molecule has 0 radical (unpaired) electrons. The third-order valence-electron chi connectivity index (χ3n) is 3.85. The molecule has 24 heavy (non-hydrogen) atoms. The molecule has 1 aliphatic heterocycles. The van der Waals surface area contributed by atoms with E-state index in [4.69, 9.17) is 23.8 Å². The van der Waals surface area contributed by atoms with Crippen molar-refractivity contribution in [2.24, 2.45) is 0 Å². The Hall–Kier alpha value is -1.51. The summed E-state index contributed by atoms with van der Waals surface area (Å²) < 4.78 is 25.6. The van der Waals surface area contributed by atoms with Crippen LogP contribution in [0.15, 0.2) is 29.2 Å². The van der Waals surface area contributed by atoms with Crippen LogP contribution in [0.2, 0.25) is 5.02 Å². The molecule has 1 heterocycles. The lowest BCUT2D eigenvalue weighted by Gasteiger charge is -2.23. The summed E-state index contributed by atoms with van der Waals surface area (Å²) in [6.07, 6.45) is -0.196. The summed E-state index contributed by atoms with van der Waals surface area (Å²) in [5.41, 5.74) is 0. The van der Waals surface area contributed by atoms with Crippen LogP contribution in [0, 0.1) is 0 Å². The lowest BCUT2D eigenvalue weighted by atomic mass is 10.2. The number of hydrogen-bond acceptors (Lipinski definition) is 5. The van der Waals surface area contributed by atoms with Crippen LogP contribution in [0.1, 0.15) is 19.8 Å². The maximum absolute atomic E-state index is 12.8. The molecule has 9 heteroatoms. The summed E-state index contributed by atoms with van der Waals surface area (Å²) >= 11 is 11.1. The molecule has 1 fully saturated rings. The van der Waals surface area contributed by atoms with Gasteiger partial charge in [-0.05, 0) is 25.5 Å².